The van der Waals surface area contributed by atoms with E-state index in [0.29, 0.717) is 17.1 Å². The van der Waals surface area contributed by atoms with Crippen molar-refractivity contribution in [1.29, 1.82) is 0 Å². The van der Waals surface area contributed by atoms with Gasteiger partial charge in [-0.05, 0) is 45.4 Å². The summed E-state index contributed by atoms with van der Waals surface area (Å²) < 4.78 is 5.05. The zero-order valence-electron chi connectivity index (χ0n) is 16.2. The van der Waals surface area contributed by atoms with Crippen molar-refractivity contribution < 1.29 is 14.3 Å². The molecule has 0 aliphatic carbocycles. The Balaban J connectivity index is 1.76. The van der Waals surface area contributed by atoms with E-state index in [9.17, 15) is 9.59 Å². The standard InChI is InChI=1S/C20H21N3O3S2/c1-5-26-20(25)14-8-6-7-9-15(14)23-16(24)10-27-18-17-11(2)12(3)28-19(17)22-13(4)21-18/h6-9H,5,10H2,1-4H3,(H,23,24). The Morgan fingerprint density at radius 3 is 2.68 bits per heavy atom. The first-order valence-electron chi connectivity index (χ1n) is 8.83. The van der Waals surface area contributed by atoms with Crippen LogP contribution in [0.2, 0.25) is 0 Å². The smallest absolute Gasteiger partial charge is 0.340 e. The van der Waals surface area contributed by atoms with Gasteiger partial charge in [-0.25, -0.2) is 14.8 Å². The number of hydrogen-bond acceptors (Lipinski definition) is 7. The molecule has 0 aliphatic rings. The van der Waals surface area contributed by atoms with Gasteiger partial charge in [0.25, 0.3) is 0 Å². The van der Waals surface area contributed by atoms with Crippen molar-refractivity contribution in [3.8, 4) is 0 Å². The third-order valence-electron chi connectivity index (χ3n) is 4.14. The van der Waals surface area contributed by atoms with Gasteiger partial charge in [0.15, 0.2) is 0 Å². The van der Waals surface area contributed by atoms with Gasteiger partial charge >= 0.3 is 5.97 Å². The Morgan fingerprint density at radius 1 is 1.18 bits per heavy atom. The monoisotopic (exact) mass is 415 g/mol. The van der Waals surface area contributed by atoms with E-state index in [1.54, 1.807) is 42.5 Å². The zero-order valence-corrected chi connectivity index (χ0v) is 17.8. The summed E-state index contributed by atoms with van der Waals surface area (Å²) in [5, 5.41) is 4.62. The van der Waals surface area contributed by atoms with Gasteiger partial charge in [-0.15, -0.1) is 11.3 Å². The summed E-state index contributed by atoms with van der Waals surface area (Å²) in [6.07, 6.45) is 0. The molecule has 0 spiro atoms. The highest BCUT2D eigenvalue weighted by molar-refractivity contribution is 8.00. The van der Waals surface area contributed by atoms with Crippen LogP contribution in [-0.2, 0) is 9.53 Å². The van der Waals surface area contributed by atoms with Crippen molar-refractivity contribution in [2.75, 3.05) is 17.7 Å². The highest BCUT2D eigenvalue weighted by atomic mass is 32.2. The number of esters is 1. The SMILES string of the molecule is CCOC(=O)c1ccccc1NC(=O)CSc1nc(C)nc2sc(C)c(C)c12. The van der Waals surface area contributed by atoms with Crippen LogP contribution in [0, 0.1) is 20.8 Å². The molecule has 3 rings (SSSR count). The average molecular weight is 416 g/mol. The summed E-state index contributed by atoms with van der Waals surface area (Å²) in [4.78, 5) is 35.7. The van der Waals surface area contributed by atoms with Crippen LogP contribution >= 0.6 is 23.1 Å². The minimum Gasteiger partial charge on any atom is -0.462 e. The van der Waals surface area contributed by atoms with Crippen LogP contribution in [0.15, 0.2) is 29.3 Å². The molecule has 28 heavy (non-hydrogen) atoms. The molecular weight excluding hydrogens is 394 g/mol. The maximum atomic E-state index is 12.5. The normalized spacial score (nSPS) is 10.9. The maximum Gasteiger partial charge on any atom is 0.340 e. The van der Waals surface area contributed by atoms with Crippen LogP contribution in [0.3, 0.4) is 0 Å². The number of nitrogens with one attached hydrogen (secondary N) is 1. The lowest BCUT2D eigenvalue weighted by Crippen LogP contribution is -2.17. The van der Waals surface area contributed by atoms with Crippen LogP contribution in [0.1, 0.15) is 33.5 Å². The van der Waals surface area contributed by atoms with Crippen LogP contribution in [0.5, 0.6) is 0 Å². The fourth-order valence-corrected chi connectivity index (χ4v) is 4.79. The number of fused-ring (bicyclic) bond motifs is 1. The summed E-state index contributed by atoms with van der Waals surface area (Å²) in [7, 11) is 0. The number of rotatable bonds is 6. The van der Waals surface area contributed by atoms with Gasteiger partial charge in [0.2, 0.25) is 5.91 Å². The second-order valence-corrected chi connectivity index (χ2v) is 8.31. The number of benzene rings is 1. The molecule has 146 valence electrons. The molecule has 0 unspecified atom stereocenters. The topological polar surface area (TPSA) is 81.2 Å². The lowest BCUT2D eigenvalue weighted by molar-refractivity contribution is -0.113. The predicted octanol–water partition coefficient (Wildman–Crippen LogP) is 4.52. The number of thioether (sulfide) groups is 1. The molecule has 6 nitrogen and oxygen atoms in total. The fourth-order valence-electron chi connectivity index (χ4n) is 2.72. The van der Waals surface area contributed by atoms with Gasteiger partial charge in [0.1, 0.15) is 15.7 Å². The van der Waals surface area contributed by atoms with E-state index < -0.39 is 5.97 Å². The molecule has 1 N–H and O–H groups in total. The van der Waals surface area contributed by atoms with Gasteiger partial charge in [-0.1, -0.05) is 23.9 Å². The minimum atomic E-state index is -0.455. The maximum absolute atomic E-state index is 12.5. The Morgan fingerprint density at radius 2 is 1.93 bits per heavy atom. The van der Waals surface area contributed by atoms with Gasteiger partial charge in [0, 0.05) is 10.3 Å². The van der Waals surface area contributed by atoms with E-state index in [-0.39, 0.29) is 18.3 Å². The number of aryl methyl sites for hydroxylation is 3. The van der Waals surface area contributed by atoms with E-state index in [2.05, 4.69) is 22.2 Å². The van der Waals surface area contributed by atoms with Crippen LogP contribution in [0.25, 0.3) is 10.2 Å². The molecule has 1 aromatic carbocycles. The lowest BCUT2D eigenvalue weighted by atomic mass is 10.2. The molecular formula is C20H21N3O3S2. The molecule has 0 saturated carbocycles. The Labute approximate surface area is 171 Å². The highest BCUT2D eigenvalue weighted by Gasteiger charge is 2.17. The molecule has 0 bridgehead atoms. The first-order valence-corrected chi connectivity index (χ1v) is 10.6. The molecule has 3 aromatic rings. The number of thiophene rings is 1. The quantitative estimate of drug-likeness (QED) is 0.362. The molecule has 0 atom stereocenters. The molecule has 0 radical (unpaired) electrons. The summed E-state index contributed by atoms with van der Waals surface area (Å²) in [5.41, 5.74) is 1.93. The second-order valence-electron chi connectivity index (χ2n) is 6.14. The second kappa shape index (κ2) is 8.70. The van der Waals surface area contributed by atoms with Gasteiger partial charge in [0.05, 0.1) is 23.6 Å². The minimum absolute atomic E-state index is 0.178. The molecule has 0 fully saturated rings. The molecule has 2 heterocycles. The van der Waals surface area contributed by atoms with E-state index >= 15 is 0 Å². The summed E-state index contributed by atoms with van der Waals surface area (Å²) in [6, 6.07) is 6.82. The summed E-state index contributed by atoms with van der Waals surface area (Å²) in [6.45, 7) is 7.98. The lowest BCUT2D eigenvalue weighted by Gasteiger charge is -2.10. The zero-order chi connectivity index (χ0) is 20.3. The largest absolute Gasteiger partial charge is 0.462 e. The molecule has 0 aliphatic heterocycles. The third-order valence-corrected chi connectivity index (χ3v) is 6.22. The van der Waals surface area contributed by atoms with Crippen molar-refractivity contribution in [1.82, 2.24) is 9.97 Å². The molecule has 8 heteroatoms. The van der Waals surface area contributed by atoms with E-state index in [1.807, 2.05) is 13.8 Å². The van der Waals surface area contributed by atoms with Crippen molar-refractivity contribution in [3.63, 3.8) is 0 Å². The number of nitrogens with zero attached hydrogens (tertiary/aromatic N) is 2. The average Bonchev–Trinajstić information content (AvgIpc) is 2.94. The number of amides is 1. The van der Waals surface area contributed by atoms with Gasteiger partial charge in [-0.3, -0.25) is 4.79 Å². The number of aromatic nitrogens is 2. The summed E-state index contributed by atoms with van der Waals surface area (Å²) in [5.74, 6) is 0.195. The van der Waals surface area contributed by atoms with Gasteiger partial charge in [-0.2, -0.15) is 0 Å². The molecule has 0 saturated heterocycles. The van der Waals surface area contributed by atoms with Crippen LogP contribution in [0.4, 0.5) is 5.69 Å². The number of ether oxygens (including phenoxy) is 1. The number of carbonyl (C=O) groups excluding carboxylic acids is 2. The van der Waals surface area contributed by atoms with E-state index in [1.165, 1.54) is 16.6 Å². The number of para-hydroxylation sites is 1. The molecule has 1 amide bonds. The highest BCUT2D eigenvalue weighted by Crippen LogP contribution is 2.35. The first kappa shape index (κ1) is 20.3. The number of anilines is 1. The Hall–Kier alpha value is -2.45. The Bertz CT molecular complexity index is 1050. The number of hydrogen-bond donors (Lipinski definition) is 1. The van der Waals surface area contributed by atoms with Crippen molar-refractivity contribution in [3.05, 3.63) is 46.1 Å². The third kappa shape index (κ3) is 4.34. The van der Waals surface area contributed by atoms with Crippen molar-refractivity contribution >= 4 is 50.9 Å². The number of carbonyl (C=O) groups is 2. The van der Waals surface area contributed by atoms with Crippen LogP contribution < -0.4 is 5.32 Å². The predicted molar refractivity (Wildman–Crippen MR) is 113 cm³/mol. The Kier molecular flexibility index (Phi) is 6.31. The fraction of sp³-hybridized carbons (Fsp3) is 0.300. The van der Waals surface area contributed by atoms with Crippen molar-refractivity contribution in [2.45, 2.75) is 32.7 Å². The van der Waals surface area contributed by atoms with Crippen molar-refractivity contribution in [2.24, 2.45) is 0 Å². The van der Waals surface area contributed by atoms with Gasteiger partial charge < -0.3 is 10.1 Å². The van der Waals surface area contributed by atoms with E-state index in [4.69, 9.17) is 4.74 Å². The van der Waals surface area contributed by atoms with E-state index in [0.717, 1.165) is 20.8 Å². The first-order chi connectivity index (χ1) is 13.4. The van der Waals surface area contributed by atoms with Crippen LogP contribution in [-0.4, -0.2) is 34.2 Å². The summed E-state index contributed by atoms with van der Waals surface area (Å²) >= 11 is 3.01. The molecule has 2 aromatic heterocycles.